The summed E-state index contributed by atoms with van der Waals surface area (Å²) in [6.07, 6.45) is 0.0337. The minimum atomic E-state index is -0.271. The standard InChI is InChI=1S/C22H28N2O3/c1-15-10-11-20(26-4)19(12-15)23-22(25)17(3)24-13-16(2)27-21(14-24)18-8-6-5-7-9-18/h5-12,16-17,21H,13-14H2,1-4H3,(H,23,25). The Morgan fingerprint density at radius 3 is 2.67 bits per heavy atom. The summed E-state index contributed by atoms with van der Waals surface area (Å²) >= 11 is 0. The summed E-state index contributed by atoms with van der Waals surface area (Å²) < 4.78 is 11.5. The van der Waals surface area contributed by atoms with E-state index in [0.29, 0.717) is 18.0 Å². The number of morpholine rings is 1. The van der Waals surface area contributed by atoms with E-state index in [1.54, 1.807) is 7.11 Å². The summed E-state index contributed by atoms with van der Waals surface area (Å²) in [7, 11) is 1.61. The van der Waals surface area contributed by atoms with E-state index >= 15 is 0 Å². The molecule has 0 spiro atoms. The average molecular weight is 368 g/mol. The van der Waals surface area contributed by atoms with Crippen LogP contribution in [0.4, 0.5) is 5.69 Å². The van der Waals surface area contributed by atoms with Gasteiger partial charge in [-0.25, -0.2) is 0 Å². The van der Waals surface area contributed by atoms with Crippen LogP contribution in [0.15, 0.2) is 48.5 Å². The average Bonchev–Trinajstić information content (AvgIpc) is 2.67. The van der Waals surface area contributed by atoms with Gasteiger partial charge in [0.1, 0.15) is 5.75 Å². The van der Waals surface area contributed by atoms with Crippen LogP contribution in [0.2, 0.25) is 0 Å². The van der Waals surface area contributed by atoms with Gasteiger partial charge in [-0.15, -0.1) is 0 Å². The summed E-state index contributed by atoms with van der Waals surface area (Å²) in [5.74, 6) is 0.624. The third-order valence-electron chi connectivity index (χ3n) is 5.00. The fourth-order valence-corrected chi connectivity index (χ4v) is 3.47. The summed E-state index contributed by atoms with van der Waals surface area (Å²) in [4.78, 5) is 15.1. The summed E-state index contributed by atoms with van der Waals surface area (Å²) in [5.41, 5.74) is 2.92. The Morgan fingerprint density at radius 1 is 1.22 bits per heavy atom. The molecule has 1 aliphatic heterocycles. The third kappa shape index (κ3) is 4.67. The van der Waals surface area contributed by atoms with Crippen molar-refractivity contribution in [2.75, 3.05) is 25.5 Å². The molecule has 144 valence electrons. The first-order valence-electron chi connectivity index (χ1n) is 9.38. The van der Waals surface area contributed by atoms with E-state index in [1.807, 2.05) is 50.2 Å². The molecule has 5 nitrogen and oxygen atoms in total. The molecule has 3 unspecified atom stereocenters. The van der Waals surface area contributed by atoms with Crippen molar-refractivity contribution >= 4 is 11.6 Å². The van der Waals surface area contributed by atoms with Gasteiger partial charge in [0.05, 0.1) is 31.0 Å². The maximum absolute atomic E-state index is 12.9. The fourth-order valence-electron chi connectivity index (χ4n) is 3.47. The maximum atomic E-state index is 12.9. The van der Waals surface area contributed by atoms with Gasteiger partial charge in [-0.05, 0) is 44.0 Å². The minimum Gasteiger partial charge on any atom is -0.495 e. The Kier molecular flexibility index (Phi) is 6.14. The van der Waals surface area contributed by atoms with Crippen molar-refractivity contribution in [3.05, 3.63) is 59.7 Å². The van der Waals surface area contributed by atoms with Gasteiger partial charge in [-0.2, -0.15) is 0 Å². The van der Waals surface area contributed by atoms with Gasteiger partial charge in [0.2, 0.25) is 5.91 Å². The van der Waals surface area contributed by atoms with Gasteiger partial charge >= 0.3 is 0 Å². The Labute approximate surface area is 161 Å². The monoisotopic (exact) mass is 368 g/mol. The largest absolute Gasteiger partial charge is 0.495 e. The first-order valence-corrected chi connectivity index (χ1v) is 9.38. The van der Waals surface area contributed by atoms with Gasteiger partial charge in [0, 0.05) is 13.1 Å². The van der Waals surface area contributed by atoms with Crippen LogP contribution in [-0.4, -0.2) is 43.2 Å². The van der Waals surface area contributed by atoms with Crippen LogP contribution in [0.5, 0.6) is 5.75 Å². The van der Waals surface area contributed by atoms with E-state index < -0.39 is 0 Å². The lowest BCUT2D eigenvalue weighted by atomic mass is 10.0. The number of hydrogen-bond acceptors (Lipinski definition) is 4. The second kappa shape index (κ2) is 8.55. The molecule has 0 aliphatic carbocycles. The lowest BCUT2D eigenvalue weighted by molar-refractivity contribution is -0.128. The zero-order valence-corrected chi connectivity index (χ0v) is 16.4. The van der Waals surface area contributed by atoms with Crippen LogP contribution >= 0.6 is 0 Å². The SMILES string of the molecule is COc1ccc(C)cc1NC(=O)C(C)N1CC(C)OC(c2ccccc2)C1. The van der Waals surface area contributed by atoms with E-state index in [9.17, 15) is 4.79 Å². The summed E-state index contributed by atoms with van der Waals surface area (Å²) in [6.45, 7) is 7.40. The van der Waals surface area contributed by atoms with Crippen molar-refractivity contribution in [2.45, 2.75) is 39.0 Å². The first kappa shape index (κ1) is 19.4. The highest BCUT2D eigenvalue weighted by Crippen LogP contribution is 2.28. The quantitative estimate of drug-likeness (QED) is 0.872. The number of aryl methyl sites for hydroxylation is 1. The molecule has 3 atom stereocenters. The first-order chi connectivity index (χ1) is 13.0. The highest BCUT2D eigenvalue weighted by atomic mass is 16.5. The van der Waals surface area contributed by atoms with Crippen molar-refractivity contribution in [3.8, 4) is 5.75 Å². The second-order valence-corrected chi connectivity index (χ2v) is 7.17. The number of methoxy groups -OCH3 is 1. The lowest BCUT2D eigenvalue weighted by Gasteiger charge is -2.39. The third-order valence-corrected chi connectivity index (χ3v) is 5.00. The number of benzene rings is 2. The maximum Gasteiger partial charge on any atom is 0.241 e. The number of amides is 1. The van der Waals surface area contributed by atoms with Gasteiger partial charge in [-0.1, -0.05) is 36.4 Å². The molecule has 1 N–H and O–H groups in total. The highest BCUT2D eigenvalue weighted by Gasteiger charge is 2.32. The Balaban J connectivity index is 1.71. The van der Waals surface area contributed by atoms with Gasteiger partial charge < -0.3 is 14.8 Å². The van der Waals surface area contributed by atoms with Crippen molar-refractivity contribution in [1.29, 1.82) is 0 Å². The summed E-state index contributed by atoms with van der Waals surface area (Å²) in [5, 5.41) is 3.02. The molecule has 0 bridgehead atoms. The number of nitrogens with one attached hydrogen (secondary N) is 1. The van der Waals surface area contributed by atoms with Crippen molar-refractivity contribution in [1.82, 2.24) is 4.90 Å². The van der Waals surface area contributed by atoms with Crippen LogP contribution in [0, 0.1) is 6.92 Å². The smallest absolute Gasteiger partial charge is 0.241 e. The fraction of sp³-hybridized carbons (Fsp3) is 0.409. The molecule has 2 aromatic carbocycles. The van der Waals surface area contributed by atoms with Gasteiger partial charge in [-0.3, -0.25) is 9.69 Å². The predicted octanol–water partition coefficient (Wildman–Crippen LogP) is 3.79. The molecule has 0 saturated carbocycles. The topological polar surface area (TPSA) is 50.8 Å². The Morgan fingerprint density at radius 2 is 1.96 bits per heavy atom. The molecule has 0 radical (unpaired) electrons. The molecule has 1 amide bonds. The second-order valence-electron chi connectivity index (χ2n) is 7.17. The number of carbonyl (C=O) groups excluding carboxylic acids is 1. The normalized spacial score (nSPS) is 21.5. The van der Waals surface area contributed by atoms with E-state index in [4.69, 9.17) is 9.47 Å². The van der Waals surface area contributed by atoms with Crippen molar-refractivity contribution in [2.24, 2.45) is 0 Å². The Bertz CT molecular complexity index is 778. The summed E-state index contributed by atoms with van der Waals surface area (Å²) in [6, 6.07) is 15.7. The highest BCUT2D eigenvalue weighted by molar-refractivity contribution is 5.96. The molecule has 2 aromatic rings. The van der Waals surface area contributed by atoms with Crippen LogP contribution in [-0.2, 0) is 9.53 Å². The lowest BCUT2D eigenvalue weighted by Crippen LogP contribution is -2.51. The van der Waals surface area contributed by atoms with Crippen molar-refractivity contribution < 1.29 is 14.3 Å². The number of ether oxygens (including phenoxy) is 2. The molecule has 1 fully saturated rings. The predicted molar refractivity (Wildman–Crippen MR) is 107 cm³/mol. The van der Waals surface area contributed by atoms with E-state index in [1.165, 1.54) is 0 Å². The molecule has 27 heavy (non-hydrogen) atoms. The zero-order valence-electron chi connectivity index (χ0n) is 16.4. The molecular weight excluding hydrogens is 340 g/mol. The molecule has 1 aliphatic rings. The van der Waals surface area contributed by atoms with Gasteiger partial charge in [0.15, 0.2) is 0 Å². The number of carbonyl (C=O) groups is 1. The molecule has 0 aromatic heterocycles. The number of nitrogens with zero attached hydrogens (tertiary/aromatic N) is 1. The number of rotatable bonds is 5. The van der Waals surface area contributed by atoms with Crippen LogP contribution in [0.3, 0.4) is 0 Å². The number of hydrogen-bond donors (Lipinski definition) is 1. The molecule has 1 saturated heterocycles. The van der Waals surface area contributed by atoms with E-state index in [-0.39, 0.29) is 24.2 Å². The minimum absolute atomic E-state index is 0.0290. The van der Waals surface area contributed by atoms with Gasteiger partial charge in [0.25, 0.3) is 0 Å². The molecule has 5 heteroatoms. The molecule has 3 rings (SSSR count). The Hall–Kier alpha value is -2.37. The van der Waals surface area contributed by atoms with Crippen LogP contribution < -0.4 is 10.1 Å². The van der Waals surface area contributed by atoms with E-state index in [2.05, 4.69) is 29.3 Å². The van der Waals surface area contributed by atoms with Crippen LogP contribution in [0.25, 0.3) is 0 Å². The molecular formula is C22H28N2O3. The zero-order chi connectivity index (χ0) is 19.4. The van der Waals surface area contributed by atoms with Crippen LogP contribution in [0.1, 0.15) is 31.1 Å². The number of anilines is 1. The van der Waals surface area contributed by atoms with Crippen molar-refractivity contribution in [3.63, 3.8) is 0 Å². The molecule has 1 heterocycles. The van der Waals surface area contributed by atoms with E-state index in [0.717, 1.165) is 17.7 Å².